The summed E-state index contributed by atoms with van der Waals surface area (Å²) < 4.78 is 37.7. The Morgan fingerprint density at radius 2 is 2.11 bits per heavy atom. The molecule has 3 unspecified atom stereocenters. The molecular formula is C22H26N4O8S. The van der Waals surface area contributed by atoms with Gasteiger partial charge >= 0.3 is 6.09 Å². The molecule has 2 aliphatic rings. The van der Waals surface area contributed by atoms with E-state index in [1.807, 2.05) is 13.8 Å². The molecule has 2 aromatic heterocycles. The molecule has 35 heavy (non-hydrogen) atoms. The van der Waals surface area contributed by atoms with Gasteiger partial charge in [-0.1, -0.05) is 13.8 Å². The third-order valence-electron chi connectivity index (χ3n) is 6.02. The van der Waals surface area contributed by atoms with Crippen LogP contribution >= 0.6 is 0 Å². The third-order valence-corrected chi connectivity index (χ3v) is 7.87. The van der Waals surface area contributed by atoms with Crippen LogP contribution in [0.15, 0.2) is 52.4 Å². The Hall–Kier alpha value is -3.45. The van der Waals surface area contributed by atoms with Crippen LogP contribution in [-0.4, -0.2) is 66.6 Å². The van der Waals surface area contributed by atoms with Gasteiger partial charge in [0.2, 0.25) is 15.9 Å². The fraction of sp³-hybridized carbons (Fsp3) is 0.455. The van der Waals surface area contributed by atoms with Crippen molar-refractivity contribution in [3.8, 4) is 5.75 Å². The number of hydrogen-bond acceptors (Lipinski definition) is 8. The van der Waals surface area contributed by atoms with E-state index in [1.165, 1.54) is 35.6 Å². The number of fused-ring (bicyclic) bond motifs is 1. The summed E-state index contributed by atoms with van der Waals surface area (Å²) in [6.45, 7) is 3.51. The molecule has 2 fully saturated rings. The highest BCUT2D eigenvalue weighted by molar-refractivity contribution is 7.89. The number of carbonyl (C=O) groups is 3. The van der Waals surface area contributed by atoms with Crippen LogP contribution in [0, 0.1) is 11.1 Å². The number of aromatic nitrogens is 1. The maximum absolute atomic E-state index is 13.5. The lowest BCUT2D eigenvalue weighted by Crippen LogP contribution is -2.53. The van der Waals surface area contributed by atoms with Gasteiger partial charge in [0.25, 0.3) is 0 Å². The number of sulfonamides is 1. The molecule has 0 bridgehead atoms. The van der Waals surface area contributed by atoms with Crippen LogP contribution in [0.25, 0.3) is 0 Å². The van der Waals surface area contributed by atoms with Gasteiger partial charge in [0.05, 0.1) is 18.8 Å². The average Bonchev–Trinajstić information content (AvgIpc) is 3.51. The lowest BCUT2D eigenvalue weighted by atomic mass is 10.0. The van der Waals surface area contributed by atoms with Crippen LogP contribution in [0.4, 0.5) is 4.79 Å². The van der Waals surface area contributed by atoms with Gasteiger partial charge in [-0.15, -0.1) is 0 Å². The number of hydrogen-bond donors (Lipinski definition) is 1. The summed E-state index contributed by atoms with van der Waals surface area (Å²) in [5, 5.41) is 14.2. The van der Waals surface area contributed by atoms with Gasteiger partial charge in [0.15, 0.2) is 23.9 Å². The highest BCUT2D eigenvalue weighted by Crippen LogP contribution is 2.34. The summed E-state index contributed by atoms with van der Waals surface area (Å²) in [4.78, 5) is 39.8. The number of rotatable bonds is 7. The summed E-state index contributed by atoms with van der Waals surface area (Å²) in [5.41, 5.74) is 0. The second-order valence-corrected chi connectivity index (χ2v) is 10.8. The van der Waals surface area contributed by atoms with E-state index in [0.717, 1.165) is 16.7 Å². The van der Waals surface area contributed by atoms with E-state index in [0.29, 0.717) is 4.73 Å². The SMILES string of the molecule is CC(C)CC(NC(=O)Oc1ccoc1)C(=O)N1CCC2C1C(=O)CN2S(=O)(=O)c1ccc[n+]([O-])c1. The normalized spacial score (nSPS) is 21.2. The Labute approximate surface area is 202 Å². The van der Waals surface area contributed by atoms with Crippen molar-refractivity contribution in [3.63, 3.8) is 0 Å². The second-order valence-electron chi connectivity index (χ2n) is 8.92. The lowest BCUT2D eigenvalue weighted by Gasteiger charge is -2.28. The number of Topliss-reactive ketones (excluding diaryl/α,β-unsaturated/α-hetero) is 1. The first-order valence-corrected chi connectivity index (χ1v) is 12.6. The molecular weight excluding hydrogens is 480 g/mol. The number of ketones is 1. The highest BCUT2D eigenvalue weighted by atomic mass is 32.2. The lowest BCUT2D eigenvalue weighted by molar-refractivity contribution is -0.607. The number of carbonyl (C=O) groups excluding carboxylic acids is 3. The van der Waals surface area contributed by atoms with Gasteiger partial charge in [-0.3, -0.25) is 9.59 Å². The van der Waals surface area contributed by atoms with Crippen LogP contribution in [0.1, 0.15) is 26.7 Å². The molecule has 4 heterocycles. The quantitative estimate of drug-likeness (QED) is 0.424. The molecule has 0 radical (unpaired) electrons. The third kappa shape index (κ3) is 5.00. The van der Waals surface area contributed by atoms with Crippen molar-refractivity contribution in [2.45, 2.75) is 49.7 Å². The van der Waals surface area contributed by atoms with Crippen molar-refractivity contribution >= 4 is 27.8 Å². The van der Waals surface area contributed by atoms with E-state index < -0.39 is 52.5 Å². The Bertz CT molecular complexity index is 1210. The molecule has 3 atom stereocenters. The molecule has 1 N–H and O–H groups in total. The molecule has 0 saturated carbocycles. The van der Waals surface area contributed by atoms with E-state index in [1.54, 1.807) is 0 Å². The van der Waals surface area contributed by atoms with Crippen LogP contribution in [0.3, 0.4) is 0 Å². The fourth-order valence-corrected chi connectivity index (χ4v) is 6.18. The Morgan fingerprint density at radius 1 is 1.34 bits per heavy atom. The topological polar surface area (TPSA) is 153 Å². The number of nitrogens with one attached hydrogen (secondary N) is 1. The molecule has 13 heteroatoms. The summed E-state index contributed by atoms with van der Waals surface area (Å²) in [7, 11) is -4.13. The number of furan rings is 1. The molecule has 188 valence electrons. The zero-order valence-corrected chi connectivity index (χ0v) is 20.0. The maximum atomic E-state index is 13.5. The largest absolute Gasteiger partial charge is 0.619 e. The van der Waals surface area contributed by atoms with Gasteiger partial charge in [-0.25, -0.2) is 13.2 Å². The summed E-state index contributed by atoms with van der Waals surface area (Å²) in [6, 6.07) is 1.34. The Morgan fingerprint density at radius 3 is 2.77 bits per heavy atom. The molecule has 2 amide bonds. The minimum absolute atomic E-state index is 0.0320. The number of ether oxygens (including phenoxy) is 1. The number of nitrogens with zero attached hydrogens (tertiary/aromatic N) is 3. The van der Waals surface area contributed by atoms with Gasteiger partial charge in [0, 0.05) is 18.7 Å². The van der Waals surface area contributed by atoms with Crippen LogP contribution in [0.5, 0.6) is 5.75 Å². The summed E-state index contributed by atoms with van der Waals surface area (Å²) in [6.07, 6.45) is 4.35. The van der Waals surface area contributed by atoms with Gasteiger partial charge < -0.3 is 24.6 Å². The number of amides is 2. The van der Waals surface area contributed by atoms with Crippen LogP contribution < -0.4 is 14.8 Å². The van der Waals surface area contributed by atoms with Gasteiger partial charge in [-0.05, 0) is 24.8 Å². The minimum atomic E-state index is -4.13. The predicted octanol–water partition coefficient (Wildman–Crippen LogP) is 0.659. The molecule has 0 spiro atoms. The minimum Gasteiger partial charge on any atom is -0.619 e. The molecule has 2 aliphatic heterocycles. The van der Waals surface area contributed by atoms with Crippen LogP contribution in [0.2, 0.25) is 0 Å². The van der Waals surface area contributed by atoms with Crippen LogP contribution in [-0.2, 0) is 19.6 Å². The molecule has 12 nitrogen and oxygen atoms in total. The van der Waals surface area contributed by atoms with E-state index in [2.05, 4.69) is 5.32 Å². The van der Waals surface area contributed by atoms with Crippen molar-refractivity contribution in [2.75, 3.05) is 13.1 Å². The van der Waals surface area contributed by atoms with E-state index in [4.69, 9.17) is 9.15 Å². The van der Waals surface area contributed by atoms with Crippen molar-refractivity contribution in [1.29, 1.82) is 0 Å². The van der Waals surface area contributed by atoms with Gasteiger partial charge in [-0.2, -0.15) is 9.04 Å². The zero-order chi connectivity index (χ0) is 25.3. The fourth-order valence-electron chi connectivity index (χ4n) is 4.54. The number of pyridine rings is 1. The smallest absolute Gasteiger partial charge is 0.413 e. The predicted molar refractivity (Wildman–Crippen MR) is 119 cm³/mol. The maximum Gasteiger partial charge on any atom is 0.413 e. The first-order chi connectivity index (χ1) is 16.6. The Balaban J connectivity index is 1.52. The Kier molecular flexibility index (Phi) is 6.81. The first kappa shape index (κ1) is 24.7. The highest BCUT2D eigenvalue weighted by Gasteiger charge is 2.54. The summed E-state index contributed by atoms with van der Waals surface area (Å²) >= 11 is 0. The first-order valence-electron chi connectivity index (χ1n) is 11.1. The van der Waals surface area contributed by atoms with Crippen molar-refractivity contribution in [2.24, 2.45) is 5.92 Å². The van der Waals surface area contributed by atoms with E-state index in [9.17, 15) is 28.0 Å². The second kappa shape index (κ2) is 9.66. The molecule has 0 aliphatic carbocycles. The molecule has 2 aromatic rings. The monoisotopic (exact) mass is 506 g/mol. The zero-order valence-electron chi connectivity index (χ0n) is 19.2. The average molecular weight is 507 g/mol. The van der Waals surface area contributed by atoms with Crippen molar-refractivity contribution in [1.82, 2.24) is 14.5 Å². The standard InChI is InChI=1S/C22H26N4O8S/c1-14(2)10-17(23-22(29)34-15-6-9-33-13-15)21(28)25-8-5-18-20(25)19(27)12-26(18)35(31,32)16-4-3-7-24(30)11-16/h3-4,6-7,9,11,13-14,17-18,20H,5,8,10,12H2,1-2H3,(H,23,29). The molecule has 0 aromatic carbocycles. The number of likely N-dealkylation sites (tertiary alicyclic amines) is 1. The van der Waals surface area contributed by atoms with Crippen molar-refractivity contribution < 1.29 is 36.7 Å². The van der Waals surface area contributed by atoms with Crippen molar-refractivity contribution in [3.05, 3.63) is 48.3 Å². The van der Waals surface area contributed by atoms with E-state index >= 15 is 0 Å². The molecule has 4 rings (SSSR count). The molecule has 2 saturated heterocycles. The van der Waals surface area contributed by atoms with Gasteiger partial charge in [0.1, 0.15) is 23.2 Å². The summed E-state index contributed by atoms with van der Waals surface area (Å²) in [5.74, 6) is -0.698. The van der Waals surface area contributed by atoms with E-state index in [-0.39, 0.29) is 35.9 Å².